The molecule has 33 heavy (non-hydrogen) atoms. The van der Waals surface area contributed by atoms with Gasteiger partial charge in [-0.15, -0.1) is 0 Å². The molecular weight excluding hydrogens is 426 g/mol. The number of carbonyl (C=O) groups excluding carboxylic acids is 1. The number of aliphatic hydroxyl groups excluding tert-OH is 1. The Morgan fingerprint density at radius 1 is 1.27 bits per heavy atom. The summed E-state index contributed by atoms with van der Waals surface area (Å²) >= 11 is 0. The van der Waals surface area contributed by atoms with Gasteiger partial charge in [0.2, 0.25) is 5.75 Å². The van der Waals surface area contributed by atoms with Gasteiger partial charge in [0.25, 0.3) is 0 Å². The minimum atomic E-state index is -0.280. The number of aryl methyl sites for hydroxylation is 1. The number of aliphatic hydroxyl groups is 1. The van der Waals surface area contributed by atoms with Crippen molar-refractivity contribution in [2.24, 2.45) is 0 Å². The largest absolute Gasteiger partial charge is 0.490 e. The second-order valence-electron chi connectivity index (χ2n) is 8.03. The highest BCUT2D eigenvalue weighted by atomic mass is 16.6. The minimum absolute atomic E-state index is 0.0374. The molecule has 10 heteroatoms. The molecule has 3 heterocycles. The summed E-state index contributed by atoms with van der Waals surface area (Å²) in [5.41, 5.74) is 1.55. The highest BCUT2D eigenvalue weighted by Gasteiger charge is 2.26. The van der Waals surface area contributed by atoms with Crippen LogP contribution in [0.2, 0.25) is 0 Å². The zero-order chi connectivity index (χ0) is 23.8. The summed E-state index contributed by atoms with van der Waals surface area (Å²) in [5.74, 6) is 2.30. The monoisotopic (exact) mass is 459 g/mol. The number of carbonyl (C=O) groups is 1. The van der Waals surface area contributed by atoms with Gasteiger partial charge in [-0.05, 0) is 32.9 Å². The number of nitrogens with one attached hydrogen (secondary N) is 2. The first-order chi connectivity index (χ1) is 15.9. The molecule has 1 fully saturated rings. The lowest BCUT2D eigenvalue weighted by Crippen LogP contribution is -2.42. The van der Waals surface area contributed by atoms with E-state index in [1.54, 1.807) is 24.3 Å². The Bertz CT molecular complexity index is 931. The van der Waals surface area contributed by atoms with Crippen LogP contribution in [0.1, 0.15) is 32.4 Å². The molecule has 0 radical (unpaired) electrons. The Morgan fingerprint density at radius 2 is 2.03 bits per heavy atom. The Balaban J connectivity index is 1.66. The number of nitrogens with zero attached hydrogens (tertiary/aromatic N) is 3. The predicted octanol–water partition coefficient (Wildman–Crippen LogP) is 3.33. The van der Waals surface area contributed by atoms with Gasteiger partial charge < -0.3 is 34.9 Å². The predicted molar refractivity (Wildman–Crippen MR) is 125 cm³/mol. The van der Waals surface area contributed by atoms with Crippen LogP contribution in [-0.2, 0) is 4.74 Å². The fraction of sp³-hybridized carbons (Fsp3) is 0.522. The lowest BCUT2D eigenvalue weighted by Gasteiger charge is -2.32. The molecule has 0 atom stereocenters. The maximum atomic E-state index is 12.1. The average Bonchev–Trinajstić information content (AvgIpc) is 2.79. The lowest BCUT2D eigenvalue weighted by molar-refractivity contribution is 0.0511. The number of hydrogen-bond acceptors (Lipinski definition) is 9. The first-order valence-corrected chi connectivity index (χ1v) is 11.2. The second kappa shape index (κ2) is 11.6. The number of hydrogen-bond donors (Lipinski definition) is 3. The second-order valence-corrected chi connectivity index (χ2v) is 8.03. The van der Waals surface area contributed by atoms with Crippen molar-refractivity contribution < 1.29 is 24.1 Å². The van der Waals surface area contributed by atoms with Crippen molar-refractivity contribution in [1.82, 2.24) is 14.9 Å². The van der Waals surface area contributed by atoms with Crippen molar-refractivity contribution in [3.8, 4) is 11.5 Å². The molecule has 0 aliphatic carbocycles. The summed E-state index contributed by atoms with van der Waals surface area (Å²) in [6.07, 6.45) is 2.61. The fourth-order valence-electron chi connectivity index (χ4n) is 3.52. The third-order valence-electron chi connectivity index (χ3n) is 5.16. The van der Waals surface area contributed by atoms with Gasteiger partial charge in [-0.3, -0.25) is 0 Å². The van der Waals surface area contributed by atoms with Crippen LogP contribution in [0.3, 0.4) is 0 Å². The van der Waals surface area contributed by atoms with Crippen molar-refractivity contribution in [3.05, 3.63) is 30.1 Å². The van der Waals surface area contributed by atoms with E-state index in [2.05, 4.69) is 20.6 Å². The maximum Gasteiger partial charge on any atom is 0.410 e. The number of ether oxygens (including phenoxy) is 3. The van der Waals surface area contributed by atoms with Gasteiger partial charge in [0.1, 0.15) is 11.9 Å². The fourth-order valence-corrected chi connectivity index (χ4v) is 3.52. The van der Waals surface area contributed by atoms with E-state index < -0.39 is 0 Å². The molecule has 2 aromatic rings. The molecule has 1 saturated heterocycles. The van der Waals surface area contributed by atoms with Crippen LogP contribution in [0.15, 0.2) is 24.4 Å². The van der Waals surface area contributed by atoms with Crippen molar-refractivity contribution in [3.63, 3.8) is 0 Å². The van der Waals surface area contributed by atoms with E-state index in [0.717, 1.165) is 11.4 Å². The van der Waals surface area contributed by atoms with Crippen LogP contribution in [0, 0.1) is 6.92 Å². The van der Waals surface area contributed by atoms with E-state index in [1.165, 1.54) is 0 Å². The van der Waals surface area contributed by atoms with Crippen molar-refractivity contribution in [2.75, 3.05) is 44.0 Å². The van der Waals surface area contributed by atoms with E-state index in [4.69, 9.17) is 19.3 Å². The molecule has 0 aromatic carbocycles. The molecular formula is C23H33N5O5. The highest BCUT2D eigenvalue weighted by Crippen LogP contribution is 2.37. The normalized spacial score (nSPS) is 14.2. The molecule has 1 aliphatic heterocycles. The number of amides is 1. The van der Waals surface area contributed by atoms with Gasteiger partial charge in [0, 0.05) is 44.7 Å². The zero-order valence-corrected chi connectivity index (χ0v) is 19.6. The summed E-state index contributed by atoms with van der Waals surface area (Å²) in [6.45, 7) is 7.20. The molecule has 0 saturated carbocycles. The van der Waals surface area contributed by atoms with Crippen molar-refractivity contribution in [2.45, 2.75) is 45.8 Å². The molecule has 2 aromatic heterocycles. The summed E-state index contributed by atoms with van der Waals surface area (Å²) in [6, 6.07) is 5.50. The summed E-state index contributed by atoms with van der Waals surface area (Å²) in [4.78, 5) is 22.7. The molecule has 3 rings (SSSR count). The van der Waals surface area contributed by atoms with Gasteiger partial charge in [-0.2, -0.15) is 0 Å². The number of methoxy groups -OCH3 is 1. The van der Waals surface area contributed by atoms with Crippen molar-refractivity contribution >= 4 is 23.4 Å². The summed E-state index contributed by atoms with van der Waals surface area (Å²) in [7, 11) is 1.58. The molecule has 1 aliphatic rings. The van der Waals surface area contributed by atoms with E-state index in [1.807, 2.05) is 32.9 Å². The Kier molecular flexibility index (Phi) is 8.53. The van der Waals surface area contributed by atoms with E-state index in [9.17, 15) is 4.79 Å². The number of likely N-dealkylation sites (tertiary alicyclic amines) is 1. The highest BCUT2D eigenvalue weighted by molar-refractivity contribution is 5.68. The van der Waals surface area contributed by atoms with Crippen LogP contribution in [0.25, 0.3) is 0 Å². The quantitative estimate of drug-likeness (QED) is 0.519. The Hall–Kier alpha value is -3.27. The Labute approximate surface area is 194 Å². The molecule has 0 spiro atoms. The first kappa shape index (κ1) is 24.4. The lowest BCUT2D eigenvalue weighted by atomic mass is 10.1. The van der Waals surface area contributed by atoms with Gasteiger partial charge in [0.05, 0.1) is 31.2 Å². The van der Waals surface area contributed by atoms with E-state index in [-0.39, 0.29) is 24.9 Å². The molecule has 10 nitrogen and oxygen atoms in total. The molecule has 1 amide bonds. The van der Waals surface area contributed by atoms with Crippen LogP contribution in [0.4, 0.5) is 22.1 Å². The minimum Gasteiger partial charge on any atom is -0.490 e. The van der Waals surface area contributed by atoms with Crippen LogP contribution in [-0.4, -0.2) is 71.6 Å². The topological polar surface area (TPSA) is 118 Å². The van der Waals surface area contributed by atoms with Crippen LogP contribution in [0.5, 0.6) is 11.5 Å². The number of anilines is 3. The third-order valence-corrected chi connectivity index (χ3v) is 5.16. The maximum absolute atomic E-state index is 12.1. The smallest absolute Gasteiger partial charge is 0.410 e. The van der Waals surface area contributed by atoms with Crippen LogP contribution < -0.4 is 20.1 Å². The SMILES string of the molecule is COc1c(OC2CCN(C(=O)OC(C)C)CC2)ccnc1Nc1ccc(NCCO)nc1C. The van der Waals surface area contributed by atoms with E-state index >= 15 is 0 Å². The van der Waals surface area contributed by atoms with Crippen LogP contribution >= 0.6 is 0 Å². The average molecular weight is 460 g/mol. The van der Waals surface area contributed by atoms with E-state index in [0.29, 0.717) is 55.6 Å². The molecule has 0 bridgehead atoms. The van der Waals surface area contributed by atoms with Gasteiger partial charge in [-0.25, -0.2) is 14.8 Å². The third kappa shape index (κ3) is 6.61. The standard InChI is InChI=1S/C23H33N5O5/c1-15(2)32-23(30)28-12-8-17(9-13-28)33-19-7-10-25-22(21(19)31-4)27-18-5-6-20(24-11-14-29)26-16(18)3/h5-7,10,15,17,29H,8-9,11-14H2,1-4H3,(H,24,26)(H,25,27). The van der Waals surface area contributed by atoms with Gasteiger partial charge in [-0.1, -0.05) is 0 Å². The number of piperidine rings is 1. The summed E-state index contributed by atoms with van der Waals surface area (Å²) < 4.78 is 17.1. The summed E-state index contributed by atoms with van der Waals surface area (Å²) in [5, 5.41) is 15.3. The molecule has 0 unspecified atom stereocenters. The zero-order valence-electron chi connectivity index (χ0n) is 19.6. The first-order valence-electron chi connectivity index (χ1n) is 11.2. The number of rotatable bonds is 9. The molecule has 3 N–H and O–H groups in total. The molecule has 180 valence electrons. The number of aromatic nitrogens is 2. The van der Waals surface area contributed by atoms with Crippen molar-refractivity contribution in [1.29, 1.82) is 0 Å². The number of pyridine rings is 2. The van der Waals surface area contributed by atoms with Gasteiger partial charge in [0.15, 0.2) is 11.6 Å². The van der Waals surface area contributed by atoms with Gasteiger partial charge >= 0.3 is 6.09 Å². The Morgan fingerprint density at radius 3 is 2.67 bits per heavy atom.